The van der Waals surface area contributed by atoms with Gasteiger partial charge in [-0.15, -0.1) is 0 Å². The van der Waals surface area contributed by atoms with Crippen molar-refractivity contribution in [2.45, 2.75) is 38.3 Å². The first-order valence-corrected chi connectivity index (χ1v) is 13.2. The molecular weight excluding hydrogens is 536 g/mol. The van der Waals surface area contributed by atoms with Gasteiger partial charge in [-0.05, 0) is 45.3 Å². The molecule has 3 aliphatic rings. The third-order valence-corrected chi connectivity index (χ3v) is 8.01. The Hall–Kier alpha value is -3.94. The number of fused-ring (bicyclic) bond motifs is 3. The number of likely N-dealkylation sites (N-methyl/N-ethyl adjacent to an activating group) is 1. The zero-order valence-electron chi connectivity index (χ0n) is 23.6. The van der Waals surface area contributed by atoms with Crippen molar-refractivity contribution in [2.75, 3.05) is 39.6 Å². The summed E-state index contributed by atoms with van der Waals surface area (Å²) in [6.45, 7) is 4.51. The first kappa shape index (κ1) is 30.0. The van der Waals surface area contributed by atoms with Crippen LogP contribution in [0.2, 0.25) is 0 Å². The number of ketones is 2. The van der Waals surface area contributed by atoms with Gasteiger partial charge in [-0.25, -0.2) is 0 Å². The molecule has 0 radical (unpaired) electrons. The van der Waals surface area contributed by atoms with Gasteiger partial charge in [0.25, 0.3) is 5.91 Å². The van der Waals surface area contributed by atoms with Crippen LogP contribution in [0, 0.1) is 17.8 Å². The van der Waals surface area contributed by atoms with Crippen LogP contribution in [0.15, 0.2) is 23.0 Å². The van der Waals surface area contributed by atoms with Gasteiger partial charge in [-0.2, -0.15) is 0 Å². The summed E-state index contributed by atoms with van der Waals surface area (Å²) < 4.78 is 5.51. The van der Waals surface area contributed by atoms with E-state index in [0.717, 1.165) is 0 Å². The number of amides is 2. The largest absolute Gasteiger partial charge is 0.508 e. The van der Waals surface area contributed by atoms with Crippen molar-refractivity contribution >= 4 is 34.8 Å². The number of primary amides is 1. The van der Waals surface area contributed by atoms with Gasteiger partial charge in [0.1, 0.15) is 22.8 Å². The molecule has 2 amide bonds. The fourth-order valence-electron chi connectivity index (χ4n) is 6.22. The SMILES string of the molecule is COc1cc(NC(=O)CNCC(C)C)c(O)c2c1C[C@H]1C[C@H]3[C@H](N(C)C)C(=O)C(C(N)=O)=C(O)[C@@]3(O)C(=O)C1=C2O. The zero-order chi connectivity index (χ0) is 30.5. The first-order chi connectivity index (χ1) is 19.2. The average molecular weight is 573 g/mol. The highest BCUT2D eigenvalue weighted by molar-refractivity contribution is 6.24. The predicted molar refractivity (Wildman–Crippen MR) is 147 cm³/mol. The Kier molecular flexibility index (Phi) is 7.91. The molecule has 0 bridgehead atoms. The standard InChI is InChI=1S/C28H36N4O9/c1-11(2)9-30-10-17(33)31-15-8-16(41-5)13-6-12-7-14-21(32(3)4)24(36)20(27(29)39)26(38)28(14,40)25(37)18(12)23(35)19(13)22(15)34/h8,11-12,14,21,30,34-35,38,40H,6-7,9-10H2,1-5H3,(H2,29,39)(H,31,33)/t12-,14-,21-,28-/m0/s1. The van der Waals surface area contributed by atoms with E-state index in [4.69, 9.17) is 10.5 Å². The molecule has 41 heavy (non-hydrogen) atoms. The summed E-state index contributed by atoms with van der Waals surface area (Å²) in [5.41, 5.74) is 1.54. The molecule has 3 aliphatic carbocycles. The number of aliphatic hydroxyl groups is 3. The Bertz CT molecular complexity index is 1400. The van der Waals surface area contributed by atoms with Gasteiger partial charge in [0.05, 0.1) is 30.9 Å². The van der Waals surface area contributed by atoms with E-state index in [2.05, 4.69) is 10.6 Å². The van der Waals surface area contributed by atoms with E-state index < -0.39 is 69.7 Å². The average Bonchev–Trinajstić information content (AvgIpc) is 2.87. The Morgan fingerprint density at radius 2 is 1.88 bits per heavy atom. The number of phenolic OH excluding ortho intramolecular Hbond substituents is 1. The van der Waals surface area contributed by atoms with Crippen LogP contribution in [0.5, 0.6) is 11.5 Å². The highest BCUT2D eigenvalue weighted by Crippen LogP contribution is 2.54. The minimum absolute atomic E-state index is 0.0430. The fraction of sp³-hybridized carbons (Fsp3) is 0.500. The van der Waals surface area contributed by atoms with Gasteiger partial charge in [0, 0.05) is 23.1 Å². The number of aliphatic hydroxyl groups excluding tert-OH is 2. The van der Waals surface area contributed by atoms with E-state index in [1.807, 2.05) is 13.8 Å². The molecule has 13 nitrogen and oxygen atoms in total. The summed E-state index contributed by atoms with van der Waals surface area (Å²) in [7, 11) is 4.44. The van der Waals surface area contributed by atoms with Crippen molar-refractivity contribution in [3.63, 3.8) is 0 Å². The van der Waals surface area contributed by atoms with Crippen molar-refractivity contribution in [3.8, 4) is 11.5 Å². The van der Waals surface area contributed by atoms with Crippen LogP contribution in [0.4, 0.5) is 5.69 Å². The Morgan fingerprint density at radius 3 is 2.44 bits per heavy atom. The van der Waals surface area contributed by atoms with Gasteiger partial charge in [-0.3, -0.25) is 24.1 Å². The van der Waals surface area contributed by atoms with E-state index in [0.29, 0.717) is 18.0 Å². The smallest absolute Gasteiger partial charge is 0.255 e. The highest BCUT2D eigenvalue weighted by atomic mass is 16.5. The molecule has 1 fully saturated rings. The monoisotopic (exact) mass is 572 g/mol. The maximum absolute atomic E-state index is 14.0. The Morgan fingerprint density at radius 1 is 1.22 bits per heavy atom. The molecule has 0 saturated heterocycles. The van der Waals surface area contributed by atoms with Gasteiger partial charge in [0.2, 0.25) is 11.7 Å². The third-order valence-electron chi connectivity index (χ3n) is 8.01. The number of methoxy groups -OCH3 is 1. The van der Waals surface area contributed by atoms with Crippen molar-refractivity contribution < 1.29 is 44.3 Å². The van der Waals surface area contributed by atoms with Crippen LogP contribution in [0.25, 0.3) is 5.76 Å². The third kappa shape index (κ3) is 4.73. The van der Waals surface area contributed by atoms with E-state index in [1.165, 1.54) is 32.2 Å². The summed E-state index contributed by atoms with van der Waals surface area (Å²) in [6.07, 6.45) is 0.0190. The van der Waals surface area contributed by atoms with Crippen LogP contribution < -0.4 is 21.1 Å². The van der Waals surface area contributed by atoms with Crippen LogP contribution in [0.1, 0.15) is 31.4 Å². The molecule has 0 unspecified atom stereocenters. The molecule has 13 heteroatoms. The molecule has 0 aliphatic heterocycles. The van der Waals surface area contributed by atoms with E-state index >= 15 is 0 Å². The van der Waals surface area contributed by atoms with Crippen LogP contribution >= 0.6 is 0 Å². The lowest BCUT2D eigenvalue weighted by atomic mass is 9.57. The molecule has 1 aromatic carbocycles. The van der Waals surface area contributed by atoms with Gasteiger partial charge in [0.15, 0.2) is 17.1 Å². The van der Waals surface area contributed by atoms with Gasteiger partial charge in [-0.1, -0.05) is 13.8 Å². The molecule has 0 aromatic heterocycles. The number of benzene rings is 1. The summed E-state index contributed by atoms with van der Waals surface area (Å²) in [6, 6.07) is 0.235. The fourth-order valence-corrected chi connectivity index (χ4v) is 6.22. The summed E-state index contributed by atoms with van der Waals surface area (Å²) >= 11 is 0. The lowest BCUT2D eigenvalue weighted by Crippen LogP contribution is -2.65. The second-order valence-electron chi connectivity index (χ2n) is 11.4. The first-order valence-electron chi connectivity index (χ1n) is 13.2. The molecule has 1 saturated carbocycles. The number of aromatic hydroxyl groups is 1. The maximum atomic E-state index is 14.0. The molecule has 1 aromatic rings. The normalized spacial score (nSPS) is 25.7. The summed E-state index contributed by atoms with van der Waals surface area (Å²) in [5, 5.41) is 50.8. The number of carbonyl (C=O) groups excluding carboxylic acids is 4. The zero-order valence-corrected chi connectivity index (χ0v) is 23.6. The number of anilines is 1. The van der Waals surface area contributed by atoms with Gasteiger partial charge >= 0.3 is 0 Å². The van der Waals surface area contributed by atoms with E-state index in [-0.39, 0.29) is 42.0 Å². The number of rotatable bonds is 8. The minimum atomic E-state index is -2.74. The molecule has 4 atom stereocenters. The number of nitrogens with two attached hydrogens (primary N) is 1. The number of nitrogens with zero attached hydrogens (tertiary/aromatic N) is 1. The van der Waals surface area contributed by atoms with Crippen molar-refractivity contribution in [2.24, 2.45) is 23.5 Å². The quantitative estimate of drug-likeness (QED) is 0.165. The molecular formula is C28H36N4O9. The van der Waals surface area contributed by atoms with Crippen molar-refractivity contribution in [3.05, 3.63) is 34.1 Å². The van der Waals surface area contributed by atoms with Crippen LogP contribution in [0.3, 0.4) is 0 Å². The molecule has 0 heterocycles. The van der Waals surface area contributed by atoms with Gasteiger partial charge < -0.3 is 41.5 Å². The summed E-state index contributed by atoms with van der Waals surface area (Å²) in [5.74, 6) is -7.47. The van der Waals surface area contributed by atoms with E-state index in [9.17, 15) is 39.6 Å². The second-order valence-corrected chi connectivity index (χ2v) is 11.4. The number of carbonyl (C=O) groups is 4. The number of Topliss-reactive ketones (excluding diaryl/α,β-unsaturated/α-hetero) is 2. The molecule has 4 rings (SSSR count). The van der Waals surface area contributed by atoms with Crippen molar-refractivity contribution in [1.29, 1.82) is 0 Å². The summed E-state index contributed by atoms with van der Waals surface area (Å²) in [4.78, 5) is 53.2. The van der Waals surface area contributed by atoms with Crippen molar-refractivity contribution in [1.82, 2.24) is 10.2 Å². The lowest BCUT2D eigenvalue weighted by molar-refractivity contribution is -0.153. The molecule has 222 valence electrons. The highest BCUT2D eigenvalue weighted by Gasteiger charge is 2.64. The number of ether oxygens (including phenoxy) is 1. The maximum Gasteiger partial charge on any atom is 0.255 e. The number of hydrogen-bond acceptors (Lipinski definition) is 11. The van der Waals surface area contributed by atoms with Crippen LogP contribution in [-0.2, 0) is 25.6 Å². The predicted octanol–water partition coefficient (Wildman–Crippen LogP) is 0.157. The topological polar surface area (TPSA) is 212 Å². The van der Waals surface area contributed by atoms with Crippen LogP contribution in [-0.4, -0.2) is 94.6 Å². The number of nitrogens with one attached hydrogen (secondary N) is 2. The Labute approximate surface area is 236 Å². The van der Waals surface area contributed by atoms with E-state index in [1.54, 1.807) is 0 Å². The second kappa shape index (κ2) is 10.8. The lowest BCUT2D eigenvalue weighted by Gasteiger charge is -2.50. The number of phenols is 1. The number of hydrogen-bond donors (Lipinski definition) is 7. The Balaban J connectivity index is 1.84. The molecule has 8 N–H and O–H groups in total. The molecule has 0 spiro atoms. The minimum Gasteiger partial charge on any atom is -0.508 e.